The zero-order chi connectivity index (χ0) is 14.9. The average Bonchev–Trinajstić information content (AvgIpc) is 2.38. The van der Waals surface area contributed by atoms with E-state index in [4.69, 9.17) is 11.6 Å². The zero-order valence-corrected chi connectivity index (χ0v) is 10.6. The number of halogens is 5. The van der Waals surface area contributed by atoms with Gasteiger partial charge in [-0.1, -0.05) is 23.7 Å². The number of rotatable bonds is 2. The normalized spacial score (nSPS) is 11.4. The van der Waals surface area contributed by atoms with E-state index in [0.29, 0.717) is 12.4 Å². The van der Waals surface area contributed by atoms with Crippen molar-refractivity contribution in [3.8, 4) is 11.1 Å². The van der Waals surface area contributed by atoms with Gasteiger partial charge < -0.3 is 0 Å². The van der Waals surface area contributed by atoms with Gasteiger partial charge in [-0.25, -0.2) is 4.39 Å². The van der Waals surface area contributed by atoms with Gasteiger partial charge in [0, 0.05) is 10.6 Å². The molecule has 0 atom stereocenters. The summed E-state index contributed by atoms with van der Waals surface area (Å²) < 4.78 is 51.2. The summed E-state index contributed by atoms with van der Waals surface area (Å²) >= 11 is 5.71. The predicted octanol–water partition coefficient (Wildman–Crippen LogP) is 4.98. The van der Waals surface area contributed by atoms with E-state index in [-0.39, 0.29) is 21.7 Å². The highest BCUT2D eigenvalue weighted by Gasteiger charge is 2.34. The molecule has 0 aliphatic rings. The minimum atomic E-state index is -4.80. The molecule has 20 heavy (non-hydrogen) atoms. The Hall–Kier alpha value is -1.88. The molecule has 2 aromatic rings. The molecule has 2 rings (SSSR count). The second kappa shape index (κ2) is 5.25. The highest BCUT2D eigenvalue weighted by Crippen LogP contribution is 2.35. The SMILES string of the molecule is O=Cc1cc(Cl)ccc1-c1ccc(F)c(C(F)(F)F)c1. The van der Waals surface area contributed by atoms with Crippen LogP contribution in [0.4, 0.5) is 17.6 Å². The van der Waals surface area contributed by atoms with E-state index in [1.54, 1.807) is 0 Å². The quantitative estimate of drug-likeness (QED) is 0.565. The lowest BCUT2D eigenvalue weighted by Crippen LogP contribution is -2.08. The van der Waals surface area contributed by atoms with Crippen molar-refractivity contribution in [3.05, 3.63) is 58.4 Å². The molecule has 0 aliphatic heterocycles. The molecule has 0 amide bonds. The van der Waals surface area contributed by atoms with Crippen LogP contribution >= 0.6 is 11.6 Å². The molecule has 0 bridgehead atoms. The maximum absolute atomic E-state index is 13.2. The van der Waals surface area contributed by atoms with Crippen LogP contribution in [0.25, 0.3) is 11.1 Å². The van der Waals surface area contributed by atoms with Crippen molar-refractivity contribution in [2.24, 2.45) is 0 Å². The van der Waals surface area contributed by atoms with Gasteiger partial charge in [0.05, 0.1) is 5.56 Å². The Bertz CT molecular complexity index is 665. The van der Waals surface area contributed by atoms with Crippen molar-refractivity contribution < 1.29 is 22.4 Å². The number of hydrogen-bond donors (Lipinski definition) is 0. The van der Waals surface area contributed by atoms with Crippen LogP contribution in [0.2, 0.25) is 5.02 Å². The minimum Gasteiger partial charge on any atom is -0.298 e. The molecule has 0 saturated heterocycles. The molecule has 2 aromatic carbocycles. The van der Waals surface area contributed by atoms with Crippen molar-refractivity contribution in [3.63, 3.8) is 0 Å². The average molecular weight is 303 g/mol. The van der Waals surface area contributed by atoms with Crippen LogP contribution in [0.5, 0.6) is 0 Å². The first-order valence-electron chi connectivity index (χ1n) is 5.45. The van der Waals surface area contributed by atoms with Gasteiger partial charge in [0.1, 0.15) is 5.82 Å². The minimum absolute atomic E-state index is 0.0949. The van der Waals surface area contributed by atoms with Crippen LogP contribution in [0.3, 0.4) is 0 Å². The van der Waals surface area contributed by atoms with Gasteiger partial charge in [-0.3, -0.25) is 4.79 Å². The second-order valence-electron chi connectivity index (χ2n) is 4.04. The first-order valence-corrected chi connectivity index (χ1v) is 5.82. The summed E-state index contributed by atoms with van der Waals surface area (Å²) in [5.41, 5.74) is -0.883. The third-order valence-electron chi connectivity index (χ3n) is 2.72. The molecule has 0 N–H and O–H groups in total. The number of aldehydes is 1. The van der Waals surface area contributed by atoms with Gasteiger partial charge in [-0.15, -0.1) is 0 Å². The summed E-state index contributed by atoms with van der Waals surface area (Å²) in [6.45, 7) is 0. The van der Waals surface area contributed by atoms with Gasteiger partial charge in [0.25, 0.3) is 0 Å². The molecular formula is C14H7ClF4O. The number of alkyl halides is 3. The van der Waals surface area contributed by atoms with Crippen LogP contribution in [-0.4, -0.2) is 6.29 Å². The van der Waals surface area contributed by atoms with E-state index in [1.807, 2.05) is 0 Å². The lowest BCUT2D eigenvalue weighted by Gasteiger charge is -2.11. The van der Waals surface area contributed by atoms with E-state index < -0.39 is 17.6 Å². The summed E-state index contributed by atoms with van der Waals surface area (Å²) in [6, 6.07) is 6.77. The highest BCUT2D eigenvalue weighted by atomic mass is 35.5. The maximum atomic E-state index is 13.2. The number of hydrogen-bond acceptors (Lipinski definition) is 1. The van der Waals surface area contributed by atoms with Gasteiger partial charge in [0.15, 0.2) is 6.29 Å². The van der Waals surface area contributed by atoms with Gasteiger partial charge in [-0.05, 0) is 35.4 Å². The topological polar surface area (TPSA) is 17.1 Å². The van der Waals surface area contributed by atoms with Crippen molar-refractivity contribution in [2.45, 2.75) is 6.18 Å². The molecule has 0 aliphatic carbocycles. The monoisotopic (exact) mass is 302 g/mol. The zero-order valence-electron chi connectivity index (χ0n) is 9.84. The molecule has 0 heterocycles. The Labute approximate surface area is 116 Å². The van der Waals surface area contributed by atoms with Gasteiger partial charge in [-0.2, -0.15) is 13.2 Å². The van der Waals surface area contributed by atoms with Crippen molar-refractivity contribution in [2.75, 3.05) is 0 Å². The molecule has 0 unspecified atom stereocenters. The van der Waals surface area contributed by atoms with E-state index in [9.17, 15) is 22.4 Å². The number of carbonyl (C=O) groups is 1. The lowest BCUT2D eigenvalue weighted by atomic mass is 9.98. The third-order valence-corrected chi connectivity index (χ3v) is 2.96. The first kappa shape index (κ1) is 14.5. The fraction of sp³-hybridized carbons (Fsp3) is 0.0714. The smallest absolute Gasteiger partial charge is 0.298 e. The third kappa shape index (κ3) is 2.82. The van der Waals surface area contributed by atoms with Crippen LogP contribution in [0, 0.1) is 5.82 Å². The lowest BCUT2D eigenvalue weighted by molar-refractivity contribution is -0.139. The van der Waals surface area contributed by atoms with Crippen LogP contribution in [0.1, 0.15) is 15.9 Å². The molecule has 0 saturated carbocycles. The molecule has 1 nitrogen and oxygen atoms in total. The van der Waals surface area contributed by atoms with Crippen LogP contribution < -0.4 is 0 Å². The Morgan fingerprint density at radius 2 is 1.75 bits per heavy atom. The second-order valence-corrected chi connectivity index (χ2v) is 4.48. The summed E-state index contributed by atoms with van der Waals surface area (Å²) in [5.74, 6) is -1.36. The first-order chi connectivity index (χ1) is 9.32. The molecule has 0 radical (unpaired) electrons. The number of benzene rings is 2. The fourth-order valence-electron chi connectivity index (χ4n) is 1.80. The Kier molecular flexibility index (Phi) is 3.81. The molecule has 0 aromatic heterocycles. The van der Waals surface area contributed by atoms with Crippen molar-refractivity contribution in [1.29, 1.82) is 0 Å². The Morgan fingerprint density at radius 3 is 2.35 bits per heavy atom. The predicted molar refractivity (Wildman–Crippen MR) is 67.2 cm³/mol. The van der Waals surface area contributed by atoms with E-state index in [1.165, 1.54) is 24.3 Å². The maximum Gasteiger partial charge on any atom is 0.419 e. The van der Waals surface area contributed by atoms with Gasteiger partial charge >= 0.3 is 6.18 Å². The van der Waals surface area contributed by atoms with Crippen LogP contribution in [-0.2, 0) is 6.18 Å². The molecule has 104 valence electrons. The summed E-state index contributed by atoms with van der Waals surface area (Å²) in [7, 11) is 0. The summed E-state index contributed by atoms with van der Waals surface area (Å²) in [4.78, 5) is 10.9. The molecule has 0 fully saturated rings. The summed E-state index contributed by atoms with van der Waals surface area (Å²) in [5, 5.41) is 0.286. The molecule has 0 spiro atoms. The largest absolute Gasteiger partial charge is 0.419 e. The van der Waals surface area contributed by atoms with E-state index in [0.717, 1.165) is 6.07 Å². The molecule has 6 heteroatoms. The van der Waals surface area contributed by atoms with Gasteiger partial charge in [0.2, 0.25) is 0 Å². The standard InChI is InChI=1S/C14H7ClF4O/c15-10-2-3-11(9(5-10)7-20)8-1-4-13(16)12(6-8)14(17,18)19/h1-7H. The van der Waals surface area contributed by atoms with Crippen molar-refractivity contribution in [1.82, 2.24) is 0 Å². The molecular weight excluding hydrogens is 296 g/mol. The van der Waals surface area contributed by atoms with E-state index >= 15 is 0 Å². The Balaban J connectivity index is 2.63. The van der Waals surface area contributed by atoms with E-state index in [2.05, 4.69) is 0 Å². The van der Waals surface area contributed by atoms with Crippen molar-refractivity contribution >= 4 is 17.9 Å². The van der Waals surface area contributed by atoms with Crippen LogP contribution in [0.15, 0.2) is 36.4 Å². The fourth-order valence-corrected chi connectivity index (χ4v) is 1.98. The summed E-state index contributed by atoms with van der Waals surface area (Å²) in [6.07, 6.45) is -4.31. The Morgan fingerprint density at radius 1 is 1.05 bits per heavy atom. The number of carbonyl (C=O) groups excluding carboxylic acids is 1. The highest BCUT2D eigenvalue weighted by molar-refractivity contribution is 6.31.